The Bertz CT molecular complexity index is 751. The number of carbonyl (C=O) groups is 2. The van der Waals surface area contributed by atoms with Gasteiger partial charge in [-0.2, -0.15) is 0 Å². The van der Waals surface area contributed by atoms with Crippen molar-refractivity contribution in [3.05, 3.63) is 35.9 Å². The predicted molar refractivity (Wildman–Crippen MR) is 102 cm³/mol. The van der Waals surface area contributed by atoms with Gasteiger partial charge in [-0.25, -0.2) is 13.6 Å². The van der Waals surface area contributed by atoms with Crippen LogP contribution in [0.4, 0.5) is 13.6 Å². The van der Waals surface area contributed by atoms with Gasteiger partial charge in [0, 0.05) is 13.1 Å². The maximum absolute atomic E-state index is 14.6. The quantitative estimate of drug-likeness (QED) is 0.713. The standard InChI is InChI=1S/C21H28F2N2O4/c1-14(18(26)29-20(2,3)4)24-10-16-17(11-24)25(13-21(16,22)23)19(27)28-12-15-8-6-5-7-9-15/h5-9,14,16-17H,10-13H2,1-4H3/t14?,16-,17+/m1/s1. The second-order valence-corrected chi connectivity index (χ2v) is 8.77. The van der Waals surface area contributed by atoms with Crippen molar-refractivity contribution in [2.24, 2.45) is 5.92 Å². The van der Waals surface area contributed by atoms with Crippen LogP contribution >= 0.6 is 0 Å². The molecule has 1 aromatic rings. The number of hydrogen-bond acceptors (Lipinski definition) is 5. The van der Waals surface area contributed by atoms with Crippen molar-refractivity contribution < 1.29 is 27.8 Å². The number of rotatable bonds is 4. The topological polar surface area (TPSA) is 59.1 Å². The van der Waals surface area contributed by atoms with Crippen molar-refractivity contribution in [2.45, 2.75) is 57.9 Å². The van der Waals surface area contributed by atoms with E-state index < -0.39 is 48.1 Å². The summed E-state index contributed by atoms with van der Waals surface area (Å²) in [5, 5.41) is 0. The normalized spacial score (nSPS) is 24.8. The number of alkyl halides is 2. The SMILES string of the molecule is CC(C(=O)OC(C)(C)C)N1C[C@@H]2[C@H](C1)N(C(=O)OCc1ccccc1)CC2(F)F. The van der Waals surface area contributed by atoms with Gasteiger partial charge in [0.25, 0.3) is 5.92 Å². The smallest absolute Gasteiger partial charge is 0.410 e. The molecule has 0 saturated carbocycles. The van der Waals surface area contributed by atoms with Crippen LogP contribution in [0.1, 0.15) is 33.3 Å². The van der Waals surface area contributed by atoms with E-state index in [0.717, 1.165) is 10.5 Å². The Balaban J connectivity index is 1.65. The molecule has 3 atom stereocenters. The molecule has 2 aliphatic heterocycles. The third kappa shape index (κ3) is 4.86. The number of esters is 1. The van der Waals surface area contributed by atoms with Crippen LogP contribution in [0.15, 0.2) is 30.3 Å². The molecule has 0 aliphatic carbocycles. The molecule has 2 saturated heterocycles. The van der Waals surface area contributed by atoms with E-state index in [1.165, 1.54) is 0 Å². The Labute approximate surface area is 169 Å². The summed E-state index contributed by atoms with van der Waals surface area (Å²) < 4.78 is 39.8. The second-order valence-electron chi connectivity index (χ2n) is 8.77. The van der Waals surface area contributed by atoms with Crippen molar-refractivity contribution in [1.82, 2.24) is 9.80 Å². The van der Waals surface area contributed by atoms with E-state index in [2.05, 4.69) is 0 Å². The maximum Gasteiger partial charge on any atom is 0.410 e. The van der Waals surface area contributed by atoms with Gasteiger partial charge in [0.15, 0.2) is 0 Å². The van der Waals surface area contributed by atoms with Crippen LogP contribution in [0.2, 0.25) is 0 Å². The zero-order valence-electron chi connectivity index (χ0n) is 17.2. The monoisotopic (exact) mass is 410 g/mol. The van der Waals surface area contributed by atoms with Gasteiger partial charge in [-0.3, -0.25) is 14.6 Å². The third-order valence-corrected chi connectivity index (χ3v) is 5.38. The summed E-state index contributed by atoms with van der Waals surface area (Å²) >= 11 is 0. The largest absolute Gasteiger partial charge is 0.459 e. The van der Waals surface area contributed by atoms with Gasteiger partial charge < -0.3 is 9.47 Å². The van der Waals surface area contributed by atoms with Gasteiger partial charge in [-0.15, -0.1) is 0 Å². The molecule has 3 rings (SSSR count). The fourth-order valence-corrected chi connectivity index (χ4v) is 3.86. The number of nitrogens with zero attached hydrogens (tertiary/aromatic N) is 2. The number of fused-ring (bicyclic) bond motifs is 1. The fourth-order valence-electron chi connectivity index (χ4n) is 3.86. The predicted octanol–water partition coefficient (Wildman–Crippen LogP) is 3.30. The summed E-state index contributed by atoms with van der Waals surface area (Å²) in [4.78, 5) is 27.6. The summed E-state index contributed by atoms with van der Waals surface area (Å²) in [5.41, 5.74) is 0.132. The third-order valence-electron chi connectivity index (χ3n) is 5.38. The van der Waals surface area contributed by atoms with Crippen molar-refractivity contribution in [1.29, 1.82) is 0 Å². The molecule has 0 bridgehead atoms. The molecule has 160 valence electrons. The maximum atomic E-state index is 14.6. The molecular weight excluding hydrogens is 382 g/mol. The fraction of sp³-hybridized carbons (Fsp3) is 0.619. The van der Waals surface area contributed by atoms with E-state index in [4.69, 9.17) is 9.47 Å². The number of benzene rings is 1. The molecule has 1 aromatic carbocycles. The average molecular weight is 410 g/mol. The minimum atomic E-state index is -3.03. The number of ether oxygens (including phenoxy) is 2. The highest BCUT2D eigenvalue weighted by atomic mass is 19.3. The Kier molecular flexibility index (Phi) is 5.85. The second kappa shape index (κ2) is 7.89. The van der Waals surface area contributed by atoms with Gasteiger partial charge in [-0.05, 0) is 33.3 Å². The molecule has 1 amide bonds. The van der Waals surface area contributed by atoms with Crippen LogP contribution in [0.25, 0.3) is 0 Å². The van der Waals surface area contributed by atoms with E-state index in [-0.39, 0.29) is 19.7 Å². The van der Waals surface area contributed by atoms with Crippen molar-refractivity contribution >= 4 is 12.1 Å². The zero-order chi connectivity index (χ0) is 21.4. The summed E-state index contributed by atoms with van der Waals surface area (Å²) in [6.45, 7) is 6.49. The molecule has 0 radical (unpaired) electrons. The highest BCUT2D eigenvalue weighted by molar-refractivity contribution is 5.76. The minimum Gasteiger partial charge on any atom is -0.459 e. The molecule has 2 aliphatic rings. The van der Waals surface area contributed by atoms with E-state index in [1.807, 2.05) is 18.2 Å². The first kappa shape index (κ1) is 21.5. The Hall–Kier alpha value is -2.22. The Morgan fingerprint density at radius 2 is 1.86 bits per heavy atom. The molecule has 8 heteroatoms. The van der Waals surface area contributed by atoms with E-state index in [1.54, 1.807) is 44.7 Å². The zero-order valence-corrected chi connectivity index (χ0v) is 17.2. The lowest BCUT2D eigenvalue weighted by Gasteiger charge is -2.29. The number of halogens is 2. The van der Waals surface area contributed by atoms with Crippen LogP contribution in [0.5, 0.6) is 0 Å². The highest BCUT2D eigenvalue weighted by Crippen LogP contribution is 2.43. The Morgan fingerprint density at radius 1 is 1.21 bits per heavy atom. The molecular formula is C21H28F2N2O4. The lowest BCUT2D eigenvalue weighted by molar-refractivity contribution is -0.160. The average Bonchev–Trinajstić information content (AvgIpc) is 3.18. The van der Waals surface area contributed by atoms with Crippen molar-refractivity contribution in [3.8, 4) is 0 Å². The molecule has 6 nitrogen and oxygen atoms in total. The summed E-state index contributed by atoms with van der Waals surface area (Å²) in [7, 11) is 0. The lowest BCUT2D eigenvalue weighted by atomic mass is 10.0. The molecule has 2 fully saturated rings. The van der Waals surface area contributed by atoms with Crippen LogP contribution in [-0.4, -0.2) is 65.1 Å². The first-order valence-electron chi connectivity index (χ1n) is 9.80. The highest BCUT2D eigenvalue weighted by Gasteiger charge is 2.60. The van der Waals surface area contributed by atoms with Gasteiger partial charge in [0.2, 0.25) is 0 Å². The van der Waals surface area contributed by atoms with Crippen LogP contribution < -0.4 is 0 Å². The molecule has 0 aromatic heterocycles. The molecule has 0 N–H and O–H groups in total. The molecule has 2 heterocycles. The molecule has 1 unspecified atom stereocenters. The first-order valence-corrected chi connectivity index (χ1v) is 9.80. The van der Waals surface area contributed by atoms with Crippen LogP contribution in [0.3, 0.4) is 0 Å². The summed E-state index contributed by atoms with van der Waals surface area (Å²) in [5.74, 6) is -4.52. The Morgan fingerprint density at radius 3 is 2.48 bits per heavy atom. The molecule has 0 spiro atoms. The van der Waals surface area contributed by atoms with Gasteiger partial charge in [0.1, 0.15) is 18.2 Å². The van der Waals surface area contributed by atoms with Crippen molar-refractivity contribution in [2.75, 3.05) is 19.6 Å². The van der Waals surface area contributed by atoms with Gasteiger partial charge in [0.05, 0.1) is 18.5 Å². The van der Waals surface area contributed by atoms with E-state index in [9.17, 15) is 18.4 Å². The van der Waals surface area contributed by atoms with Crippen LogP contribution in [-0.2, 0) is 20.9 Å². The van der Waals surface area contributed by atoms with Crippen LogP contribution in [0, 0.1) is 5.92 Å². The minimum absolute atomic E-state index is 0.0250. The summed E-state index contributed by atoms with van der Waals surface area (Å²) in [6, 6.07) is 7.71. The van der Waals surface area contributed by atoms with E-state index in [0.29, 0.717) is 0 Å². The van der Waals surface area contributed by atoms with Gasteiger partial charge in [-0.1, -0.05) is 30.3 Å². The molecule has 29 heavy (non-hydrogen) atoms. The number of amides is 1. The van der Waals surface area contributed by atoms with E-state index >= 15 is 0 Å². The first-order chi connectivity index (χ1) is 13.5. The number of likely N-dealkylation sites (tertiary alicyclic amines) is 2. The summed E-state index contributed by atoms with van der Waals surface area (Å²) in [6.07, 6.45) is -0.757. The number of carbonyl (C=O) groups excluding carboxylic acids is 2. The van der Waals surface area contributed by atoms with Gasteiger partial charge >= 0.3 is 12.1 Å². The number of hydrogen-bond donors (Lipinski definition) is 0. The van der Waals surface area contributed by atoms with Crippen molar-refractivity contribution in [3.63, 3.8) is 0 Å². The lowest BCUT2D eigenvalue weighted by Crippen LogP contribution is -2.46.